The van der Waals surface area contributed by atoms with Gasteiger partial charge in [0.05, 0.1) is 11.8 Å². The molecule has 1 aromatic heterocycles. The quantitative estimate of drug-likeness (QED) is 0.680. The Labute approximate surface area is 123 Å². The molecule has 1 fully saturated rings. The molecule has 9 heteroatoms. The molecular formula is C12H15N3O5S. The van der Waals surface area contributed by atoms with Gasteiger partial charge in [0.2, 0.25) is 5.91 Å². The van der Waals surface area contributed by atoms with Gasteiger partial charge in [0, 0.05) is 17.5 Å². The molecule has 0 spiro atoms. The van der Waals surface area contributed by atoms with Gasteiger partial charge in [-0.2, -0.15) is 0 Å². The van der Waals surface area contributed by atoms with E-state index >= 15 is 0 Å². The summed E-state index contributed by atoms with van der Waals surface area (Å²) in [6.45, 7) is 1.87. The Kier molecular flexibility index (Phi) is 4.51. The van der Waals surface area contributed by atoms with Gasteiger partial charge >= 0.3 is 11.7 Å². The number of carboxylic acids is 1. The van der Waals surface area contributed by atoms with Crippen LogP contribution in [0.3, 0.4) is 0 Å². The number of carbonyl (C=O) groups is 2. The minimum absolute atomic E-state index is 0.171. The zero-order valence-corrected chi connectivity index (χ0v) is 12.1. The van der Waals surface area contributed by atoms with E-state index in [9.17, 15) is 24.3 Å². The lowest BCUT2D eigenvalue weighted by molar-refractivity contribution is -0.148. The molecule has 1 aliphatic heterocycles. The van der Waals surface area contributed by atoms with E-state index in [0.29, 0.717) is 12.2 Å². The monoisotopic (exact) mass is 313 g/mol. The summed E-state index contributed by atoms with van der Waals surface area (Å²) >= 11 is 1.42. The van der Waals surface area contributed by atoms with Crippen molar-refractivity contribution in [3.05, 3.63) is 32.6 Å². The van der Waals surface area contributed by atoms with Crippen molar-refractivity contribution in [3.8, 4) is 0 Å². The number of carbonyl (C=O) groups excluding carboxylic acids is 1. The maximum absolute atomic E-state index is 12.3. The molecule has 2 atom stereocenters. The highest BCUT2D eigenvalue weighted by Gasteiger charge is 2.40. The second-order valence-electron chi connectivity index (χ2n) is 4.64. The highest BCUT2D eigenvalue weighted by Crippen LogP contribution is 2.31. The van der Waals surface area contributed by atoms with Gasteiger partial charge in [0.1, 0.15) is 6.04 Å². The molecule has 1 saturated heterocycles. The summed E-state index contributed by atoms with van der Waals surface area (Å²) in [6.07, 6.45) is 0.423. The third-order valence-electron chi connectivity index (χ3n) is 3.17. The predicted molar refractivity (Wildman–Crippen MR) is 76.2 cm³/mol. The van der Waals surface area contributed by atoms with E-state index in [4.69, 9.17) is 0 Å². The number of thioether (sulfide) groups is 1. The SMILES string of the molecule is CCC1SCC(C(=O)O)N1C(=O)Cc1cc(=O)[nH]c(=O)[nH]1. The molecule has 1 amide bonds. The molecule has 0 bridgehead atoms. The Balaban J connectivity index is 2.22. The van der Waals surface area contributed by atoms with Crippen LogP contribution in [0.2, 0.25) is 0 Å². The van der Waals surface area contributed by atoms with E-state index in [2.05, 4.69) is 4.98 Å². The van der Waals surface area contributed by atoms with Crippen LogP contribution in [-0.2, 0) is 16.0 Å². The zero-order valence-electron chi connectivity index (χ0n) is 11.3. The molecule has 2 unspecified atom stereocenters. The number of aromatic amines is 2. The second-order valence-corrected chi connectivity index (χ2v) is 5.85. The highest BCUT2D eigenvalue weighted by molar-refractivity contribution is 8.00. The van der Waals surface area contributed by atoms with Crippen LogP contribution in [0.4, 0.5) is 0 Å². The molecule has 1 aliphatic rings. The van der Waals surface area contributed by atoms with Gasteiger partial charge in [-0.15, -0.1) is 11.8 Å². The minimum atomic E-state index is -1.05. The van der Waals surface area contributed by atoms with E-state index in [1.54, 1.807) is 0 Å². The average molecular weight is 313 g/mol. The third kappa shape index (κ3) is 3.35. The summed E-state index contributed by atoms with van der Waals surface area (Å²) in [5.74, 6) is -1.13. The van der Waals surface area contributed by atoms with Gasteiger partial charge in [-0.05, 0) is 6.42 Å². The number of carboxylic acid groups (broad SMARTS) is 1. The van der Waals surface area contributed by atoms with Gasteiger partial charge < -0.3 is 15.0 Å². The third-order valence-corrected chi connectivity index (χ3v) is 4.63. The molecule has 0 radical (unpaired) electrons. The molecule has 2 rings (SSSR count). The van der Waals surface area contributed by atoms with Crippen molar-refractivity contribution < 1.29 is 14.7 Å². The minimum Gasteiger partial charge on any atom is -0.480 e. The lowest BCUT2D eigenvalue weighted by atomic mass is 10.2. The van der Waals surface area contributed by atoms with E-state index < -0.39 is 29.2 Å². The van der Waals surface area contributed by atoms with E-state index in [0.717, 1.165) is 6.07 Å². The number of aliphatic carboxylic acids is 1. The van der Waals surface area contributed by atoms with Crippen LogP contribution in [0.5, 0.6) is 0 Å². The lowest BCUT2D eigenvalue weighted by Crippen LogP contribution is -2.46. The molecular weight excluding hydrogens is 298 g/mol. The molecule has 8 nitrogen and oxygen atoms in total. The number of nitrogens with one attached hydrogen (secondary N) is 2. The fourth-order valence-corrected chi connectivity index (χ4v) is 3.64. The summed E-state index contributed by atoms with van der Waals surface area (Å²) < 4.78 is 0. The number of amides is 1. The standard InChI is InChI=1S/C12H15N3O5S/c1-2-10-15(7(5-21-10)11(18)19)9(17)4-6-3-8(16)14-12(20)13-6/h3,7,10H,2,4-5H2,1H3,(H,18,19)(H2,13,14,16,20). The number of hydrogen-bond acceptors (Lipinski definition) is 5. The van der Waals surface area contributed by atoms with Gasteiger partial charge in [-0.1, -0.05) is 6.92 Å². The first-order chi connectivity index (χ1) is 9.92. The summed E-state index contributed by atoms with van der Waals surface area (Å²) in [5, 5.41) is 8.98. The number of rotatable bonds is 4. The molecule has 2 heterocycles. The normalized spacial score (nSPS) is 21.5. The maximum atomic E-state index is 12.3. The van der Waals surface area contributed by atoms with Gasteiger partial charge in [-0.25, -0.2) is 9.59 Å². The molecule has 0 saturated carbocycles. The van der Waals surface area contributed by atoms with Crippen LogP contribution in [0.15, 0.2) is 15.7 Å². The first kappa shape index (κ1) is 15.4. The molecule has 3 N–H and O–H groups in total. The van der Waals surface area contributed by atoms with Gasteiger partial charge in [0.15, 0.2) is 0 Å². The number of nitrogens with zero attached hydrogens (tertiary/aromatic N) is 1. The molecule has 0 aromatic carbocycles. The first-order valence-electron chi connectivity index (χ1n) is 6.40. The lowest BCUT2D eigenvalue weighted by Gasteiger charge is -2.26. The largest absolute Gasteiger partial charge is 0.480 e. The zero-order chi connectivity index (χ0) is 15.6. The predicted octanol–water partition coefficient (Wildman–Crippen LogP) is -0.630. The smallest absolute Gasteiger partial charge is 0.327 e. The number of H-pyrrole nitrogens is 2. The van der Waals surface area contributed by atoms with Crippen molar-refractivity contribution in [1.29, 1.82) is 0 Å². The summed E-state index contributed by atoms with van der Waals surface area (Å²) in [5.41, 5.74) is -1.12. The van der Waals surface area contributed by atoms with Crippen LogP contribution in [-0.4, -0.2) is 49.0 Å². The van der Waals surface area contributed by atoms with E-state index in [-0.39, 0.29) is 17.5 Å². The molecule has 0 aliphatic carbocycles. The highest BCUT2D eigenvalue weighted by atomic mass is 32.2. The van der Waals surface area contributed by atoms with Crippen LogP contribution >= 0.6 is 11.8 Å². The Morgan fingerprint density at radius 1 is 1.43 bits per heavy atom. The van der Waals surface area contributed by atoms with Crippen molar-refractivity contribution in [2.45, 2.75) is 31.2 Å². The van der Waals surface area contributed by atoms with Gasteiger partial charge in [0.25, 0.3) is 5.56 Å². The van der Waals surface area contributed by atoms with Crippen molar-refractivity contribution in [2.24, 2.45) is 0 Å². The van der Waals surface area contributed by atoms with Crippen molar-refractivity contribution in [2.75, 3.05) is 5.75 Å². The Bertz CT molecular complexity index is 639. The fourth-order valence-electron chi connectivity index (χ4n) is 2.27. The van der Waals surface area contributed by atoms with Gasteiger partial charge in [-0.3, -0.25) is 14.6 Å². The van der Waals surface area contributed by atoms with Crippen molar-refractivity contribution in [1.82, 2.24) is 14.9 Å². The Morgan fingerprint density at radius 2 is 2.14 bits per heavy atom. The maximum Gasteiger partial charge on any atom is 0.327 e. The number of aromatic nitrogens is 2. The summed E-state index contributed by atoms with van der Waals surface area (Å²) in [7, 11) is 0. The second kappa shape index (κ2) is 6.17. The topological polar surface area (TPSA) is 123 Å². The Hall–Kier alpha value is -2.03. The van der Waals surface area contributed by atoms with Crippen LogP contribution in [0.25, 0.3) is 0 Å². The molecule has 1 aromatic rings. The molecule has 114 valence electrons. The van der Waals surface area contributed by atoms with Crippen LogP contribution < -0.4 is 11.2 Å². The van der Waals surface area contributed by atoms with E-state index in [1.807, 2.05) is 11.9 Å². The first-order valence-corrected chi connectivity index (χ1v) is 7.45. The van der Waals surface area contributed by atoms with Crippen LogP contribution in [0.1, 0.15) is 19.0 Å². The van der Waals surface area contributed by atoms with Crippen molar-refractivity contribution in [3.63, 3.8) is 0 Å². The average Bonchev–Trinajstić information content (AvgIpc) is 2.81. The summed E-state index contributed by atoms with van der Waals surface area (Å²) in [6, 6.07) is 0.250. The van der Waals surface area contributed by atoms with Crippen LogP contribution in [0, 0.1) is 0 Å². The van der Waals surface area contributed by atoms with E-state index in [1.165, 1.54) is 16.7 Å². The molecule has 21 heavy (non-hydrogen) atoms. The Morgan fingerprint density at radius 3 is 2.71 bits per heavy atom. The fraction of sp³-hybridized carbons (Fsp3) is 0.500. The number of hydrogen-bond donors (Lipinski definition) is 3. The summed E-state index contributed by atoms with van der Waals surface area (Å²) in [4.78, 5) is 51.6. The van der Waals surface area contributed by atoms with Crippen molar-refractivity contribution >= 4 is 23.6 Å².